The van der Waals surface area contributed by atoms with Crippen LogP contribution < -0.4 is 0 Å². The second-order valence-corrected chi connectivity index (χ2v) is 8.59. The zero-order valence-corrected chi connectivity index (χ0v) is 17.1. The van der Waals surface area contributed by atoms with Gasteiger partial charge in [-0.2, -0.15) is 11.8 Å². The summed E-state index contributed by atoms with van der Waals surface area (Å²) in [6.45, 7) is 5.33. The van der Waals surface area contributed by atoms with Crippen molar-refractivity contribution in [2.75, 3.05) is 50.9 Å². The number of rotatable bonds is 4. The molecule has 1 atom stereocenters. The first-order valence-corrected chi connectivity index (χ1v) is 11.3. The van der Waals surface area contributed by atoms with Crippen LogP contribution in [0.4, 0.5) is 0 Å². The van der Waals surface area contributed by atoms with Gasteiger partial charge in [0.05, 0.1) is 19.3 Å². The van der Waals surface area contributed by atoms with E-state index in [-0.39, 0.29) is 11.9 Å². The molecule has 2 heterocycles. The van der Waals surface area contributed by atoms with Crippen molar-refractivity contribution in [1.82, 2.24) is 9.80 Å². The second-order valence-electron chi connectivity index (χ2n) is 7.44. The number of morpholine rings is 1. The van der Waals surface area contributed by atoms with Crippen LogP contribution in [-0.2, 0) is 4.74 Å². The standard InChI is InChI=1S/C23H28N2O2S/c26-23(21-9-7-20(8-10-21)19-5-2-1-3-6-19)25-11-4-16-28-18-22(25)17-24-12-14-27-15-13-24/h1-3,5-10,22H,4,11-18H2/t22-/m1/s1. The van der Waals surface area contributed by atoms with Gasteiger partial charge in [-0.05, 0) is 35.4 Å². The van der Waals surface area contributed by atoms with Crippen LogP contribution >= 0.6 is 11.8 Å². The maximum atomic E-state index is 13.3. The molecule has 4 rings (SSSR count). The van der Waals surface area contributed by atoms with Gasteiger partial charge < -0.3 is 9.64 Å². The van der Waals surface area contributed by atoms with Crippen molar-refractivity contribution >= 4 is 17.7 Å². The van der Waals surface area contributed by atoms with Gasteiger partial charge in [-0.3, -0.25) is 9.69 Å². The van der Waals surface area contributed by atoms with Gasteiger partial charge in [0.25, 0.3) is 5.91 Å². The van der Waals surface area contributed by atoms with Gasteiger partial charge in [-0.25, -0.2) is 0 Å². The predicted octanol–water partition coefficient (Wildman–Crippen LogP) is 3.63. The smallest absolute Gasteiger partial charge is 0.254 e. The summed E-state index contributed by atoms with van der Waals surface area (Å²) in [4.78, 5) is 17.9. The maximum absolute atomic E-state index is 13.3. The number of thioether (sulfide) groups is 1. The van der Waals surface area contributed by atoms with Gasteiger partial charge in [0.2, 0.25) is 0 Å². The van der Waals surface area contributed by atoms with E-state index in [1.54, 1.807) is 0 Å². The number of nitrogens with zero attached hydrogens (tertiary/aromatic N) is 2. The van der Waals surface area contributed by atoms with E-state index in [1.165, 1.54) is 5.56 Å². The van der Waals surface area contributed by atoms with Gasteiger partial charge in [0.1, 0.15) is 0 Å². The molecule has 148 valence electrons. The minimum absolute atomic E-state index is 0.167. The molecule has 2 aromatic rings. The van der Waals surface area contributed by atoms with Crippen molar-refractivity contribution in [1.29, 1.82) is 0 Å². The highest BCUT2D eigenvalue weighted by Gasteiger charge is 2.28. The molecule has 0 N–H and O–H groups in total. The molecule has 0 bridgehead atoms. The number of carbonyl (C=O) groups excluding carboxylic acids is 1. The number of hydrogen-bond acceptors (Lipinski definition) is 4. The molecule has 28 heavy (non-hydrogen) atoms. The molecule has 1 amide bonds. The Hall–Kier alpha value is -1.82. The van der Waals surface area contributed by atoms with Crippen molar-refractivity contribution in [3.05, 3.63) is 60.2 Å². The molecule has 5 heteroatoms. The SMILES string of the molecule is O=C(c1ccc(-c2ccccc2)cc1)N1CCCSC[C@H]1CN1CCOCC1. The molecule has 0 radical (unpaired) electrons. The van der Waals surface area contributed by atoms with Gasteiger partial charge in [-0.1, -0.05) is 42.5 Å². The summed E-state index contributed by atoms with van der Waals surface area (Å²) in [7, 11) is 0. The summed E-state index contributed by atoms with van der Waals surface area (Å²) in [6, 6.07) is 18.7. The molecular formula is C23H28N2O2S. The molecule has 2 aliphatic rings. The van der Waals surface area contributed by atoms with Crippen molar-refractivity contribution in [3.63, 3.8) is 0 Å². The summed E-state index contributed by atoms with van der Waals surface area (Å²) in [5.41, 5.74) is 3.12. The Kier molecular flexibility index (Phi) is 6.68. The Labute approximate surface area is 171 Å². The van der Waals surface area contributed by atoms with Crippen molar-refractivity contribution in [3.8, 4) is 11.1 Å². The van der Waals surface area contributed by atoms with Crippen LogP contribution in [0.5, 0.6) is 0 Å². The molecule has 2 fully saturated rings. The van der Waals surface area contributed by atoms with Gasteiger partial charge in [-0.15, -0.1) is 0 Å². The lowest BCUT2D eigenvalue weighted by Gasteiger charge is -2.35. The Balaban J connectivity index is 1.48. The summed E-state index contributed by atoms with van der Waals surface area (Å²) in [6.07, 6.45) is 1.07. The molecule has 2 saturated heterocycles. The van der Waals surface area contributed by atoms with Crippen LogP contribution in [0.15, 0.2) is 54.6 Å². The van der Waals surface area contributed by atoms with Crippen LogP contribution in [0.2, 0.25) is 0 Å². The molecule has 0 aromatic heterocycles. The molecule has 0 saturated carbocycles. The first-order valence-electron chi connectivity index (χ1n) is 10.2. The Morgan fingerprint density at radius 3 is 2.43 bits per heavy atom. The minimum Gasteiger partial charge on any atom is -0.379 e. The zero-order chi connectivity index (χ0) is 19.2. The van der Waals surface area contributed by atoms with E-state index in [0.29, 0.717) is 0 Å². The molecule has 0 aliphatic carbocycles. The lowest BCUT2D eigenvalue weighted by Crippen LogP contribution is -2.50. The van der Waals surface area contributed by atoms with E-state index >= 15 is 0 Å². The number of amides is 1. The number of benzene rings is 2. The fourth-order valence-electron chi connectivity index (χ4n) is 3.93. The molecule has 2 aliphatic heterocycles. The van der Waals surface area contributed by atoms with Gasteiger partial charge >= 0.3 is 0 Å². The van der Waals surface area contributed by atoms with Gasteiger partial charge in [0, 0.05) is 37.5 Å². The molecule has 2 aromatic carbocycles. The summed E-state index contributed by atoms with van der Waals surface area (Å²) < 4.78 is 5.48. The lowest BCUT2D eigenvalue weighted by molar-refractivity contribution is 0.0245. The van der Waals surface area contributed by atoms with Crippen LogP contribution in [0.1, 0.15) is 16.8 Å². The summed E-state index contributed by atoms with van der Waals surface area (Å²) >= 11 is 1.98. The summed E-state index contributed by atoms with van der Waals surface area (Å²) in [5.74, 6) is 2.32. The third-order valence-electron chi connectivity index (χ3n) is 5.51. The topological polar surface area (TPSA) is 32.8 Å². The van der Waals surface area contributed by atoms with E-state index in [2.05, 4.69) is 34.1 Å². The quantitative estimate of drug-likeness (QED) is 0.790. The monoisotopic (exact) mass is 396 g/mol. The largest absolute Gasteiger partial charge is 0.379 e. The third kappa shape index (κ3) is 4.77. The first kappa shape index (κ1) is 19.5. The highest BCUT2D eigenvalue weighted by molar-refractivity contribution is 7.99. The fraction of sp³-hybridized carbons (Fsp3) is 0.435. The molecule has 0 unspecified atom stereocenters. The highest BCUT2D eigenvalue weighted by atomic mass is 32.2. The van der Waals surface area contributed by atoms with Crippen molar-refractivity contribution in [2.45, 2.75) is 12.5 Å². The lowest BCUT2D eigenvalue weighted by atomic mass is 10.0. The second kappa shape index (κ2) is 9.59. The molecule has 4 nitrogen and oxygen atoms in total. The molecular weight excluding hydrogens is 368 g/mol. The van der Waals surface area contributed by atoms with E-state index in [0.717, 1.165) is 68.4 Å². The number of ether oxygens (including phenoxy) is 1. The first-order chi connectivity index (χ1) is 13.8. The van der Waals surface area contributed by atoms with Crippen LogP contribution in [0.3, 0.4) is 0 Å². The normalized spacial score (nSPS) is 21.3. The molecule has 0 spiro atoms. The Morgan fingerprint density at radius 1 is 0.964 bits per heavy atom. The maximum Gasteiger partial charge on any atom is 0.254 e. The Morgan fingerprint density at radius 2 is 1.68 bits per heavy atom. The van der Waals surface area contributed by atoms with Crippen LogP contribution in [-0.4, -0.2) is 72.6 Å². The fourth-order valence-corrected chi connectivity index (χ4v) is 4.99. The van der Waals surface area contributed by atoms with Crippen molar-refractivity contribution < 1.29 is 9.53 Å². The zero-order valence-electron chi connectivity index (χ0n) is 16.3. The van der Waals surface area contributed by atoms with E-state index in [4.69, 9.17) is 4.74 Å². The van der Waals surface area contributed by atoms with Crippen LogP contribution in [0, 0.1) is 0 Å². The predicted molar refractivity (Wildman–Crippen MR) is 116 cm³/mol. The average Bonchev–Trinajstić information content (AvgIpc) is 3.00. The van der Waals surface area contributed by atoms with E-state index < -0.39 is 0 Å². The average molecular weight is 397 g/mol. The summed E-state index contributed by atoms with van der Waals surface area (Å²) in [5, 5.41) is 0. The third-order valence-corrected chi connectivity index (χ3v) is 6.71. The van der Waals surface area contributed by atoms with E-state index in [9.17, 15) is 4.79 Å². The van der Waals surface area contributed by atoms with Crippen LogP contribution in [0.25, 0.3) is 11.1 Å². The minimum atomic E-state index is 0.167. The van der Waals surface area contributed by atoms with Crippen molar-refractivity contribution in [2.24, 2.45) is 0 Å². The number of carbonyl (C=O) groups is 1. The van der Waals surface area contributed by atoms with E-state index in [1.807, 2.05) is 42.1 Å². The highest BCUT2D eigenvalue weighted by Crippen LogP contribution is 2.23. The Bertz CT molecular complexity index is 760. The van der Waals surface area contributed by atoms with Gasteiger partial charge in [0.15, 0.2) is 0 Å². The number of hydrogen-bond donors (Lipinski definition) is 0.